The summed E-state index contributed by atoms with van der Waals surface area (Å²) in [5.41, 5.74) is 0. The Morgan fingerprint density at radius 2 is 1.30 bits per heavy atom. The summed E-state index contributed by atoms with van der Waals surface area (Å²) in [6, 6.07) is 0. The second-order valence-electron chi connectivity index (χ2n) is 4.59. The van der Waals surface area contributed by atoms with Gasteiger partial charge in [-0.1, -0.05) is 6.42 Å². The van der Waals surface area contributed by atoms with Gasteiger partial charge in [0.1, 0.15) is 0 Å². The predicted octanol–water partition coefficient (Wildman–Crippen LogP) is 2.83. The van der Waals surface area contributed by atoms with Crippen molar-refractivity contribution in [2.45, 2.75) is 38.5 Å². The Morgan fingerprint density at radius 3 is 1.90 bits per heavy atom. The summed E-state index contributed by atoms with van der Waals surface area (Å²) in [6.07, 6.45) is 9.53. The van der Waals surface area contributed by atoms with E-state index in [4.69, 9.17) is 0 Å². The van der Waals surface area contributed by atoms with Crippen LogP contribution in [-0.4, -0.2) is 0 Å². The largest absolute Gasteiger partial charge is 0.0527 e. The molecule has 0 nitrogen and oxygen atoms in total. The Balaban J connectivity index is 1.92. The van der Waals surface area contributed by atoms with Crippen molar-refractivity contribution in [3.8, 4) is 0 Å². The average Bonchev–Trinajstić information content (AvgIpc) is 2.60. The van der Waals surface area contributed by atoms with Gasteiger partial charge >= 0.3 is 0 Å². The monoisotopic (exact) mass is 136 g/mol. The molecule has 10 heavy (non-hydrogen) atoms. The first-order valence-corrected chi connectivity index (χ1v) is 4.95. The molecule has 3 aliphatic rings. The van der Waals surface area contributed by atoms with Gasteiger partial charge in [0, 0.05) is 0 Å². The summed E-state index contributed by atoms with van der Waals surface area (Å²) in [4.78, 5) is 0. The van der Waals surface area contributed by atoms with Crippen molar-refractivity contribution < 1.29 is 0 Å². The summed E-state index contributed by atoms with van der Waals surface area (Å²) < 4.78 is 0. The van der Waals surface area contributed by atoms with Crippen molar-refractivity contribution in [2.24, 2.45) is 23.7 Å². The molecule has 0 aromatic carbocycles. The van der Waals surface area contributed by atoms with Crippen LogP contribution in [0.15, 0.2) is 0 Å². The van der Waals surface area contributed by atoms with E-state index in [1.807, 2.05) is 0 Å². The second-order valence-corrected chi connectivity index (χ2v) is 4.59. The average molecular weight is 136 g/mol. The molecule has 4 atom stereocenters. The first kappa shape index (κ1) is 5.62. The van der Waals surface area contributed by atoms with Crippen LogP contribution in [-0.2, 0) is 0 Å². The molecule has 2 bridgehead atoms. The fourth-order valence-electron chi connectivity index (χ4n) is 4.02. The zero-order chi connectivity index (χ0) is 6.55. The second kappa shape index (κ2) is 1.78. The third kappa shape index (κ3) is 0.538. The van der Waals surface area contributed by atoms with Crippen LogP contribution in [0, 0.1) is 23.7 Å². The maximum Gasteiger partial charge on any atom is -0.0355 e. The SMILES string of the molecule is C1C[C@@H]2[C@H]3CCC(C3)[C@@H]2C1. The molecule has 0 amide bonds. The minimum Gasteiger partial charge on any atom is -0.0527 e. The van der Waals surface area contributed by atoms with Crippen molar-refractivity contribution >= 4 is 0 Å². The van der Waals surface area contributed by atoms with Gasteiger partial charge in [0.15, 0.2) is 0 Å². The van der Waals surface area contributed by atoms with Crippen LogP contribution >= 0.6 is 0 Å². The number of fused-ring (bicyclic) bond motifs is 5. The summed E-state index contributed by atoms with van der Waals surface area (Å²) in [5.74, 6) is 4.80. The van der Waals surface area contributed by atoms with E-state index in [0.29, 0.717) is 0 Å². The Morgan fingerprint density at radius 1 is 0.700 bits per heavy atom. The molecule has 3 saturated carbocycles. The van der Waals surface area contributed by atoms with Gasteiger partial charge in [-0.3, -0.25) is 0 Å². The minimum atomic E-state index is 1.19. The Kier molecular flexibility index (Phi) is 1.00. The standard InChI is InChI=1S/C10H16/c1-2-9-7-4-5-8(6-7)10(9)3-1/h7-10H,1-6H2/t7-,8?,9+,10-/m0/s1. The lowest BCUT2D eigenvalue weighted by Gasteiger charge is -2.23. The number of hydrogen-bond acceptors (Lipinski definition) is 0. The van der Waals surface area contributed by atoms with Crippen LogP contribution in [0.4, 0.5) is 0 Å². The molecule has 0 heteroatoms. The molecule has 0 aromatic heterocycles. The fourth-order valence-corrected chi connectivity index (χ4v) is 4.02. The molecule has 0 spiro atoms. The summed E-state index contributed by atoms with van der Waals surface area (Å²) in [5, 5.41) is 0. The highest BCUT2D eigenvalue weighted by Gasteiger charge is 2.48. The van der Waals surface area contributed by atoms with E-state index in [-0.39, 0.29) is 0 Å². The zero-order valence-electron chi connectivity index (χ0n) is 6.55. The quantitative estimate of drug-likeness (QED) is 0.480. The van der Waals surface area contributed by atoms with Crippen molar-refractivity contribution in [2.75, 3.05) is 0 Å². The molecule has 3 aliphatic carbocycles. The highest BCUT2D eigenvalue weighted by molar-refractivity contribution is 4.98. The molecule has 1 unspecified atom stereocenters. The maximum atomic E-state index is 1.62. The van der Waals surface area contributed by atoms with Crippen LogP contribution in [0.3, 0.4) is 0 Å². The van der Waals surface area contributed by atoms with E-state index in [0.717, 1.165) is 0 Å². The van der Waals surface area contributed by atoms with Crippen molar-refractivity contribution in [1.29, 1.82) is 0 Å². The molecule has 3 fully saturated rings. The Hall–Kier alpha value is 0. The van der Waals surface area contributed by atoms with Crippen LogP contribution < -0.4 is 0 Å². The van der Waals surface area contributed by atoms with Crippen molar-refractivity contribution in [3.05, 3.63) is 0 Å². The lowest BCUT2D eigenvalue weighted by molar-refractivity contribution is 0.259. The first-order chi connectivity index (χ1) is 4.95. The molecule has 56 valence electrons. The summed E-state index contributed by atoms with van der Waals surface area (Å²) in [6.45, 7) is 0. The molecular formula is C10H16. The topological polar surface area (TPSA) is 0 Å². The number of hydrogen-bond donors (Lipinski definition) is 0. The molecule has 0 aliphatic heterocycles. The molecule has 0 N–H and O–H groups in total. The molecule has 3 rings (SSSR count). The van der Waals surface area contributed by atoms with E-state index < -0.39 is 0 Å². The lowest BCUT2D eigenvalue weighted by atomic mass is 9.82. The van der Waals surface area contributed by atoms with E-state index >= 15 is 0 Å². The van der Waals surface area contributed by atoms with Gasteiger partial charge in [0.05, 0.1) is 0 Å². The van der Waals surface area contributed by atoms with Gasteiger partial charge < -0.3 is 0 Å². The molecule has 0 saturated heterocycles. The van der Waals surface area contributed by atoms with Gasteiger partial charge in [0.2, 0.25) is 0 Å². The Bertz CT molecular complexity index is 134. The van der Waals surface area contributed by atoms with Crippen molar-refractivity contribution in [1.82, 2.24) is 0 Å². The molecular weight excluding hydrogens is 120 g/mol. The first-order valence-electron chi connectivity index (χ1n) is 4.95. The van der Waals surface area contributed by atoms with Gasteiger partial charge in [-0.15, -0.1) is 0 Å². The molecule has 0 radical (unpaired) electrons. The minimum absolute atomic E-state index is 1.19. The lowest BCUT2D eigenvalue weighted by Crippen LogP contribution is -2.15. The van der Waals surface area contributed by atoms with Crippen LogP contribution in [0.5, 0.6) is 0 Å². The summed E-state index contributed by atoms with van der Waals surface area (Å²) in [7, 11) is 0. The van der Waals surface area contributed by atoms with Crippen LogP contribution in [0.25, 0.3) is 0 Å². The van der Waals surface area contributed by atoms with Gasteiger partial charge in [-0.05, 0) is 55.8 Å². The van der Waals surface area contributed by atoms with Crippen LogP contribution in [0.2, 0.25) is 0 Å². The highest BCUT2D eigenvalue weighted by Crippen LogP contribution is 2.58. The van der Waals surface area contributed by atoms with Gasteiger partial charge in [0.25, 0.3) is 0 Å². The zero-order valence-corrected chi connectivity index (χ0v) is 6.55. The van der Waals surface area contributed by atoms with Gasteiger partial charge in [-0.25, -0.2) is 0 Å². The number of rotatable bonds is 0. The van der Waals surface area contributed by atoms with Crippen LogP contribution in [0.1, 0.15) is 38.5 Å². The Labute approximate surface area is 63.0 Å². The summed E-state index contributed by atoms with van der Waals surface area (Å²) >= 11 is 0. The van der Waals surface area contributed by atoms with E-state index in [1.54, 1.807) is 38.5 Å². The fraction of sp³-hybridized carbons (Fsp3) is 1.00. The smallest absolute Gasteiger partial charge is 0.0355 e. The third-order valence-electron chi connectivity index (χ3n) is 4.35. The normalized spacial score (nSPS) is 57.6. The molecule has 0 aromatic rings. The van der Waals surface area contributed by atoms with E-state index in [1.165, 1.54) is 23.7 Å². The highest BCUT2D eigenvalue weighted by atomic mass is 14.5. The molecule has 0 heterocycles. The van der Waals surface area contributed by atoms with E-state index in [9.17, 15) is 0 Å². The maximum absolute atomic E-state index is 1.62. The van der Waals surface area contributed by atoms with E-state index in [2.05, 4.69) is 0 Å². The van der Waals surface area contributed by atoms with Gasteiger partial charge in [-0.2, -0.15) is 0 Å². The van der Waals surface area contributed by atoms with Crippen molar-refractivity contribution in [3.63, 3.8) is 0 Å². The third-order valence-corrected chi connectivity index (χ3v) is 4.35. The predicted molar refractivity (Wildman–Crippen MR) is 41.7 cm³/mol.